The van der Waals surface area contributed by atoms with Crippen LogP contribution < -0.4 is 5.32 Å². The summed E-state index contributed by atoms with van der Waals surface area (Å²) in [5.74, 6) is -23.1. The van der Waals surface area contributed by atoms with Crippen LogP contribution in [0.3, 0.4) is 0 Å². The van der Waals surface area contributed by atoms with Crippen molar-refractivity contribution in [1.82, 2.24) is 5.32 Å². The second-order valence-corrected chi connectivity index (χ2v) is 4.54. The van der Waals surface area contributed by atoms with Gasteiger partial charge in [0.25, 0.3) is 5.91 Å². The van der Waals surface area contributed by atoms with E-state index in [9.17, 15) is 44.3 Å². The van der Waals surface area contributed by atoms with Gasteiger partial charge < -0.3 is 5.32 Å². The molecule has 1 amide bonds. The molecule has 11 heteroatoms. The molecule has 22 heavy (non-hydrogen) atoms. The van der Waals surface area contributed by atoms with Crippen LogP contribution in [0.15, 0.2) is 0 Å². The van der Waals surface area contributed by atoms with Gasteiger partial charge in [-0.3, -0.25) is 4.79 Å². The van der Waals surface area contributed by atoms with Crippen LogP contribution in [-0.4, -0.2) is 36.4 Å². The number of halogens is 9. The van der Waals surface area contributed by atoms with E-state index in [1.807, 2.05) is 0 Å². The lowest BCUT2D eigenvalue weighted by Crippen LogP contribution is -2.65. The quantitative estimate of drug-likeness (QED) is 0.519. The Morgan fingerprint density at radius 3 is 1.73 bits per heavy atom. The number of rotatable bonds is 8. The van der Waals surface area contributed by atoms with E-state index in [0.29, 0.717) is 12.8 Å². The van der Waals surface area contributed by atoms with Gasteiger partial charge in [-0.1, -0.05) is 26.2 Å². The van der Waals surface area contributed by atoms with E-state index in [2.05, 4.69) is 0 Å². The molecular weight excluding hydrogens is 333 g/mol. The highest BCUT2D eigenvalue weighted by molar-refractivity contribution is 5.84. The molecule has 0 radical (unpaired) electrons. The fraction of sp³-hybridized carbons (Fsp3) is 0.909. The summed E-state index contributed by atoms with van der Waals surface area (Å²) in [5.41, 5.74) is 0. The van der Waals surface area contributed by atoms with Gasteiger partial charge in [0, 0.05) is 6.54 Å². The predicted octanol–water partition coefficient (Wildman–Crippen LogP) is 4.15. The summed E-state index contributed by atoms with van der Waals surface area (Å²) in [6.45, 7) is 1.26. The number of carbonyl (C=O) groups excluding carboxylic acids is 1. The molecule has 0 aromatic heterocycles. The molecule has 0 heterocycles. The average Bonchev–Trinajstić information content (AvgIpc) is 2.36. The molecule has 0 bridgehead atoms. The van der Waals surface area contributed by atoms with E-state index in [1.165, 1.54) is 5.32 Å². The van der Waals surface area contributed by atoms with Gasteiger partial charge in [-0.2, -0.15) is 39.5 Å². The van der Waals surface area contributed by atoms with Crippen molar-refractivity contribution in [3.63, 3.8) is 0 Å². The minimum absolute atomic E-state index is 0.0941. The van der Waals surface area contributed by atoms with Crippen molar-refractivity contribution in [2.24, 2.45) is 0 Å². The number of nitrogens with one attached hydrogen (secondary N) is 1. The monoisotopic (exact) mass is 347 g/mol. The highest BCUT2D eigenvalue weighted by atomic mass is 19.4. The Kier molecular flexibility index (Phi) is 6.58. The van der Waals surface area contributed by atoms with Crippen LogP contribution in [0.1, 0.15) is 32.6 Å². The first kappa shape index (κ1) is 20.8. The molecule has 0 saturated heterocycles. The van der Waals surface area contributed by atoms with Crippen LogP contribution in [0, 0.1) is 0 Å². The first-order valence-electron chi connectivity index (χ1n) is 6.22. The van der Waals surface area contributed by atoms with Crippen LogP contribution in [0.5, 0.6) is 0 Å². The van der Waals surface area contributed by atoms with Gasteiger partial charge in [0.2, 0.25) is 0 Å². The first-order valence-corrected chi connectivity index (χ1v) is 6.22. The van der Waals surface area contributed by atoms with Gasteiger partial charge >= 0.3 is 23.9 Å². The van der Waals surface area contributed by atoms with Gasteiger partial charge in [0.1, 0.15) is 0 Å². The summed E-state index contributed by atoms with van der Waals surface area (Å²) in [6, 6.07) is 0. The van der Waals surface area contributed by atoms with Crippen LogP contribution in [0.2, 0.25) is 0 Å². The van der Waals surface area contributed by atoms with Crippen molar-refractivity contribution in [3.8, 4) is 0 Å². The van der Waals surface area contributed by atoms with Gasteiger partial charge in [-0.25, -0.2) is 0 Å². The topological polar surface area (TPSA) is 29.1 Å². The van der Waals surface area contributed by atoms with Crippen molar-refractivity contribution in [2.75, 3.05) is 6.54 Å². The van der Waals surface area contributed by atoms with Gasteiger partial charge in [-0.15, -0.1) is 0 Å². The molecule has 0 unspecified atom stereocenters. The zero-order valence-corrected chi connectivity index (χ0v) is 11.3. The number of unbranched alkanes of at least 4 members (excludes halogenated alkanes) is 3. The molecule has 1 N–H and O–H groups in total. The fourth-order valence-corrected chi connectivity index (χ4v) is 1.38. The third-order valence-corrected chi connectivity index (χ3v) is 2.75. The lowest BCUT2D eigenvalue weighted by atomic mass is 10.0. The smallest absolute Gasteiger partial charge is 0.351 e. The highest BCUT2D eigenvalue weighted by Gasteiger charge is 2.83. The third-order valence-electron chi connectivity index (χ3n) is 2.75. The first-order chi connectivity index (χ1) is 9.73. The van der Waals surface area contributed by atoms with Gasteiger partial charge in [-0.05, 0) is 6.42 Å². The molecule has 0 aliphatic carbocycles. The Morgan fingerprint density at radius 1 is 0.818 bits per heavy atom. The number of carbonyl (C=O) groups is 1. The van der Waals surface area contributed by atoms with E-state index in [4.69, 9.17) is 0 Å². The van der Waals surface area contributed by atoms with Crippen molar-refractivity contribution in [3.05, 3.63) is 0 Å². The van der Waals surface area contributed by atoms with E-state index in [1.54, 1.807) is 6.92 Å². The average molecular weight is 347 g/mol. The summed E-state index contributed by atoms with van der Waals surface area (Å²) >= 11 is 0. The van der Waals surface area contributed by atoms with Crippen molar-refractivity contribution < 1.29 is 44.3 Å². The lowest BCUT2D eigenvalue weighted by molar-refractivity contribution is -0.388. The largest absolute Gasteiger partial charge is 0.460 e. The standard InChI is InChI=1S/C11H14F9NO/c1-2-3-4-5-6-21-7(22)8(12,13)9(14,15)10(16,17)11(18,19)20/h2-6H2,1H3,(H,21,22). The minimum atomic E-state index is -7.05. The van der Waals surface area contributed by atoms with Gasteiger partial charge in [0.15, 0.2) is 0 Å². The van der Waals surface area contributed by atoms with Crippen molar-refractivity contribution in [2.45, 2.75) is 56.6 Å². The van der Waals surface area contributed by atoms with E-state index in [-0.39, 0.29) is 6.42 Å². The van der Waals surface area contributed by atoms with E-state index >= 15 is 0 Å². The second-order valence-electron chi connectivity index (χ2n) is 4.54. The van der Waals surface area contributed by atoms with E-state index in [0.717, 1.165) is 6.42 Å². The van der Waals surface area contributed by atoms with Crippen LogP contribution in [0.25, 0.3) is 0 Å². The molecule has 0 spiro atoms. The molecule has 0 rings (SSSR count). The SMILES string of the molecule is CCCCCCNC(=O)C(F)(F)C(F)(F)C(F)(F)C(F)(F)F. The van der Waals surface area contributed by atoms with Gasteiger partial charge in [0.05, 0.1) is 0 Å². The lowest BCUT2D eigenvalue weighted by Gasteiger charge is -2.32. The Bertz CT molecular complexity index is 378. The molecule has 0 aliphatic heterocycles. The zero-order valence-electron chi connectivity index (χ0n) is 11.3. The normalized spacial score (nSPS) is 14.1. The predicted molar refractivity (Wildman–Crippen MR) is 58.0 cm³/mol. The number of hydrogen-bond donors (Lipinski definition) is 1. The molecular formula is C11H14F9NO. The summed E-state index contributed by atoms with van der Waals surface area (Å²) in [4.78, 5) is 10.9. The molecule has 0 fully saturated rings. The Balaban J connectivity index is 5.00. The van der Waals surface area contributed by atoms with E-state index < -0.39 is 36.4 Å². The third kappa shape index (κ3) is 3.97. The zero-order chi connectivity index (χ0) is 17.8. The maximum absolute atomic E-state index is 13.1. The molecule has 0 saturated carbocycles. The molecule has 0 aliphatic rings. The Hall–Kier alpha value is -1.16. The van der Waals surface area contributed by atoms with Crippen LogP contribution in [-0.2, 0) is 4.79 Å². The molecule has 0 aromatic carbocycles. The summed E-state index contributed by atoms with van der Waals surface area (Å²) in [7, 11) is 0. The number of hydrogen-bond acceptors (Lipinski definition) is 1. The summed E-state index contributed by atoms with van der Waals surface area (Å²) in [6.07, 6.45) is -5.01. The summed E-state index contributed by atoms with van der Waals surface area (Å²) < 4.78 is 112. The molecule has 132 valence electrons. The van der Waals surface area contributed by atoms with Crippen LogP contribution in [0.4, 0.5) is 39.5 Å². The van der Waals surface area contributed by atoms with Crippen molar-refractivity contribution >= 4 is 5.91 Å². The fourth-order valence-electron chi connectivity index (χ4n) is 1.38. The van der Waals surface area contributed by atoms with Crippen LogP contribution >= 0.6 is 0 Å². The number of alkyl halides is 9. The molecule has 0 aromatic rings. The molecule has 0 atom stereocenters. The minimum Gasteiger partial charge on any atom is -0.351 e. The Labute approximate surface area is 120 Å². The maximum Gasteiger partial charge on any atom is 0.460 e. The second kappa shape index (κ2) is 6.95. The molecule has 2 nitrogen and oxygen atoms in total. The maximum atomic E-state index is 13.1. The number of amides is 1. The van der Waals surface area contributed by atoms with Crippen molar-refractivity contribution in [1.29, 1.82) is 0 Å². The Morgan fingerprint density at radius 2 is 1.32 bits per heavy atom. The highest BCUT2D eigenvalue weighted by Crippen LogP contribution is 2.53. The summed E-state index contributed by atoms with van der Waals surface area (Å²) in [5, 5.41) is 1.24.